The van der Waals surface area contributed by atoms with E-state index in [1.165, 1.54) is 225 Å². The van der Waals surface area contributed by atoms with Gasteiger partial charge in [0, 0.05) is 6.42 Å². The van der Waals surface area contributed by atoms with Gasteiger partial charge < -0.3 is 28.8 Å². The summed E-state index contributed by atoms with van der Waals surface area (Å²) in [6.45, 7) is 4.66. The smallest absolute Gasteiger partial charge is 0.268 e. The quantitative estimate of drug-likeness (QED) is 0.0272. The van der Waals surface area contributed by atoms with E-state index in [1.54, 1.807) is 6.08 Å². The molecule has 0 saturated carbocycles. The number of likely N-dealkylation sites (N-methyl/N-ethyl adjacent to an activating group) is 1. The van der Waals surface area contributed by atoms with Crippen LogP contribution >= 0.6 is 7.82 Å². The normalized spacial score (nSPS) is 14.1. The number of carbonyl (C=O) groups excluding carboxylic acids is 1. The van der Waals surface area contributed by atoms with Gasteiger partial charge in [0.05, 0.1) is 39.9 Å². The molecule has 408 valence electrons. The highest BCUT2D eigenvalue weighted by Crippen LogP contribution is 2.38. The lowest BCUT2D eigenvalue weighted by atomic mass is 10.0. The average Bonchev–Trinajstić information content (AvgIpc) is 3.31. The Bertz CT molecular complexity index is 1220. The number of allylic oxidation sites excluding steroid dienone is 5. The van der Waals surface area contributed by atoms with Gasteiger partial charge in [0.25, 0.3) is 7.82 Å². The highest BCUT2D eigenvalue weighted by molar-refractivity contribution is 7.45. The molecular formula is C60H117N2O6P. The van der Waals surface area contributed by atoms with Crippen LogP contribution in [-0.2, 0) is 18.4 Å². The molecule has 0 aliphatic rings. The third-order valence-corrected chi connectivity index (χ3v) is 14.5. The molecule has 0 saturated heterocycles. The molecular weight excluding hydrogens is 876 g/mol. The molecule has 0 aliphatic carbocycles. The molecule has 0 radical (unpaired) electrons. The van der Waals surface area contributed by atoms with Crippen LogP contribution in [0.15, 0.2) is 36.5 Å². The molecule has 69 heavy (non-hydrogen) atoms. The minimum Gasteiger partial charge on any atom is -0.756 e. The maximum Gasteiger partial charge on any atom is 0.268 e. The van der Waals surface area contributed by atoms with Crippen LogP contribution in [-0.4, -0.2) is 68.5 Å². The number of hydrogen-bond acceptors (Lipinski definition) is 6. The Hall–Kier alpha value is -1.28. The summed E-state index contributed by atoms with van der Waals surface area (Å²) in [5, 5.41) is 13.9. The van der Waals surface area contributed by atoms with Crippen molar-refractivity contribution in [2.75, 3.05) is 40.9 Å². The van der Waals surface area contributed by atoms with E-state index in [0.29, 0.717) is 17.4 Å². The molecule has 9 heteroatoms. The van der Waals surface area contributed by atoms with Crippen LogP contribution in [0.5, 0.6) is 0 Å². The topological polar surface area (TPSA) is 108 Å². The highest BCUT2D eigenvalue weighted by atomic mass is 31.2. The largest absolute Gasteiger partial charge is 0.756 e. The fourth-order valence-corrected chi connectivity index (χ4v) is 9.62. The molecule has 0 rings (SSSR count). The molecule has 0 spiro atoms. The van der Waals surface area contributed by atoms with Gasteiger partial charge in [-0.05, 0) is 44.9 Å². The molecule has 0 bridgehead atoms. The summed E-state index contributed by atoms with van der Waals surface area (Å²) in [5.74, 6) is -0.206. The number of nitrogens with one attached hydrogen (secondary N) is 1. The molecule has 3 atom stereocenters. The fourth-order valence-electron chi connectivity index (χ4n) is 8.89. The number of hydrogen-bond donors (Lipinski definition) is 2. The molecule has 0 aromatic heterocycles. The number of quaternary nitrogens is 1. The van der Waals surface area contributed by atoms with Crippen LogP contribution in [0, 0.1) is 0 Å². The lowest BCUT2D eigenvalue weighted by molar-refractivity contribution is -0.870. The van der Waals surface area contributed by atoms with Gasteiger partial charge in [0.1, 0.15) is 13.2 Å². The Balaban J connectivity index is 4.23. The molecule has 0 aromatic carbocycles. The third kappa shape index (κ3) is 54.3. The predicted octanol–water partition coefficient (Wildman–Crippen LogP) is 17.5. The molecule has 0 aromatic rings. The lowest BCUT2D eigenvalue weighted by Gasteiger charge is -2.29. The highest BCUT2D eigenvalue weighted by Gasteiger charge is 2.23. The van der Waals surface area contributed by atoms with Crippen molar-refractivity contribution in [1.82, 2.24) is 5.32 Å². The molecule has 3 unspecified atom stereocenters. The van der Waals surface area contributed by atoms with Gasteiger partial charge in [-0.15, -0.1) is 0 Å². The summed E-state index contributed by atoms with van der Waals surface area (Å²) in [6, 6.07) is -0.908. The monoisotopic (exact) mass is 993 g/mol. The van der Waals surface area contributed by atoms with Crippen molar-refractivity contribution >= 4 is 13.7 Å². The Kier molecular flexibility index (Phi) is 50.7. The van der Waals surface area contributed by atoms with Crippen molar-refractivity contribution in [1.29, 1.82) is 0 Å². The maximum atomic E-state index is 13.0. The van der Waals surface area contributed by atoms with E-state index in [1.807, 2.05) is 27.2 Å². The zero-order valence-corrected chi connectivity index (χ0v) is 47.4. The van der Waals surface area contributed by atoms with Crippen molar-refractivity contribution in [3.63, 3.8) is 0 Å². The first-order valence-corrected chi connectivity index (χ1v) is 31.3. The van der Waals surface area contributed by atoms with Crippen LogP contribution in [0.3, 0.4) is 0 Å². The summed E-state index contributed by atoms with van der Waals surface area (Å²) >= 11 is 0. The van der Waals surface area contributed by atoms with Gasteiger partial charge in [0.15, 0.2) is 0 Å². The minimum atomic E-state index is -4.61. The second-order valence-electron chi connectivity index (χ2n) is 21.7. The van der Waals surface area contributed by atoms with Crippen LogP contribution in [0.1, 0.15) is 290 Å². The number of phosphoric ester groups is 1. The van der Waals surface area contributed by atoms with E-state index in [4.69, 9.17) is 9.05 Å². The molecule has 2 N–H and O–H groups in total. The predicted molar refractivity (Wildman–Crippen MR) is 298 cm³/mol. The van der Waals surface area contributed by atoms with E-state index in [2.05, 4.69) is 43.5 Å². The van der Waals surface area contributed by atoms with Gasteiger partial charge in [-0.1, -0.05) is 275 Å². The van der Waals surface area contributed by atoms with Crippen LogP contribution in [0.25, 0.3) is 0 Å². The molecule has 8 nitrogen and oxygen atoms in total. The molecule has 1 amide bonds. The standard InChI is InChI=1S/C60H117N2O6P/c1-6-8-10-12-14-16-18-20-22-24-26-27-28-29-30-31-32-33-34-36-37-39-41-43-45-47-49-51-53-59(63)58(57-68-69(65,66)67-56-55-62(3,4)5)61-60(64)54-52-50-48-46-44-42-40-38-35-25-23-21-19-17-15-13-11-9-7-2/h36-37,43,45,51,53,58-59,63H,6-35,38-42,44,46-50,52,54-57H2,1-5H3,(H-,61,64,65,66)/b37-36+,45-43+,53-51+. The average molecular weight is 994 g/mol. The Morgan fingerprint density at radius 2 is 0.812 bits per heavy atom. The van der Waals surface area contributed by atoms with Gasteiger partial charge in [-0.2, -0.15) is 0 Å². The van der Waals surface area contributed by atoms with Crippen LogP contribution in [0.2, 0.25) is 0 Å². The molecule has 0 aliphatic heterocycles. The van der Waals surface area contributed by atoms with Crippen molar-refractivity contribution in [3.05, 3.63) is 36.5 Å². The van der Waals surface area contributed by atoms with Crippen molar-refractivity contribution in [3.8, 4) is 0 Å². The molecule has 0 fully saturated rings. The number of aliphatic hydroxyl groups is 1. The Morgan fingerprint density at radius 1 is 0.493 bits per heavy atom. The molecule has 0 heterocycles. The van der Waals surface area contributed by atoms with Crippen molar-refractivity contribution in [2.45, 2.75) is 302 Å². The summed E-state index contributed by atoms with van der Waals surface area (Å²) in [4.78, 5) is 25.5. The first-order chi connectivity index (χ1) is 33.5. The lowest BCUT2D eigenvalue weighted by Crippen LogP contribution is -2.45. The summed E-state index contributed by atoms with van der Waals surface area (Å²) < 4.78 is 23.3. The first kappa shape index (κ1) is 67.7. The number of amides is 1. The number of nitrogens with zero attached hydrogens (tertiary/aromatic N) is 1. The SMILES string of the molecule is CCCCCCCCCCCCCCCCCCCC/C=C/CC/C=C/CC/C=C/C(O)C(COP(=O)([O-])OCC[N+](C)(C)C)NC(=O)CCCCCCCCCCCCCCCCCCCCC. The van der Waals surface area contributed by atoms with Crippen molar-refractivity contribution < 1.29 is 32.9 Å². The fraction of sp³-hybridized carbons (Fsp3) is 0.883. The van der Waals surface area contributed by atoms with Gasteiger partial charge in [0.2, 0.25) is 5.91 Å². The zero-order valence-electron chi connectivity index (χ0n) is 46.5. The first-order valence-electron chi connectivity index (χ1n) is 29.9. The number of carbonyl (C=O) groups is 1. The Morgan fingerprint density at radius 3 is 1.17 bits per heavy atom. The van der Waals surface area contributed by atoms with E-state index < -0.39 is 26.6 Å². The maximum absolute atomic E-state index is 13.0. The minimum absolute atomic E-state index is 0.00734. The van der Waals surface area contributed by atoms with Crippen molar-refractivity contribution in [2.24, 2.45) is 0 Å². The van der Waals surface area contributed by atoms with E-state index in [9.17, 15) is 19.4 Å². The van der Waals surface area contributed by atoms with Gasteiger partial charge >= 0.3 is 0 Å². The number of unbranched alkanes of at least 4 members (excludes halogenated alkanes) is 38. The van der Waals surface area contributed by atoms with E-state index in [0.717, 1.165) is 44.9 Å². The Labute approximate surface area is 429 Å². The number of rotatable bonds is 55. The summed E-state index contributed by atoms with van der Waals surface area (Å²) in [5.41, 5.74) is 0. The third-order valence-electron chi connectivity index (χ3n) is 13.6. The number of phosphoric acid groups is 1. The van der Waals surface area contributed by atoms with Crippen LogP contribution in [0.4, 0.5) is 0 Å². The van der Waals surface area contributed by atoms with Crippen LogP contribution < -0.4 is 10.2 Å². The summed E-state index contributed by atoms with van der Waals surface area (Å²) in [6.07, 6.45) is 66.6. The summed E-state index contributed by atoms with van der Waals surface area (Å²) in [7, 11) is 1.25. The second kappa shape index (κ2) is 51.6. The van der Waals surface area contributed by atoms with Gasteiger partial charge in [-0.3, -0.25) is 9.36 Å². The van der Waals surface area contributed by atoms with E-state index >= 15 is 0 Å². The zero-order chi connectivity index (χ0) is 50.6. The number of aliphatic hydroxyl groups excluding tert-OH is 1. The van der Waals surface area contributed by atoms with E-state index in [-0.39, 0.29) is 12.5 Å². The second-order valence-corrected chi connectivity index (χ2v) is 23.1. The van der Waals surface area contributed by atoms with Gasteiger partial charge in [-0.25, -0.2) is 0 Å².